The fraction of sp³-hybridized carbons (Fsp3) is 0.571. The summed E-state index contributed by atoms with van der Waals surface area (Å²) in [4.78, 5) is 16.5. The first-order chi connectivity index (χ1) is 14.9. The van der Waals surface area contributed by atoms with Gasteiger partial charge in [0.15, 0.2) is 5.82 Å². The monoisotopic (exact) mass is 464 g/mol. The third-order valence-corrected chi connectivity index (χ3v) is 8.29. The van der Waals surface area contributed by atoms with Crippen molar-refractivity contribution < 1.29 is 9.84 Å². The zero-order valence-corrected chi connectivity index (χ0v) is 19.4. The summed E-state index contributed by atoms with van der Waals surface area (Å²) in [5, 5.41) is 11.1. The number of hydrogen-bond donors (Lipinski definition) is 3. The number of ether oxygens (including phenoxy) is 1. The van der Waals surface area contributed by atoms with Crippen molar-refractivity contribution in [2.24, 2.45) is 11.1 Å². The van der Waals surface area contributed by atoms with Gasteiger partial charge in [0.25, 0.3) is 0 Å². The SMILES string of the molecule is CO[C@@H]1C[C@@H](N)C2(CCN(c3nc(C)c(Sc4ccnc(N)c4Cl)nc3CO)CC2)C1. The van der Waals surface area contributed by atoms with Crippen LogP contribution in [0.25, 0.3) is 0 Å². The molecule has 5 N–H and O–H groups in total. The number of aryl methyl sites for hydroxylation is 1. The number of nitrogens with zero attached hydrogens (tertiary/aromatic N) is 4. The number of nitrogen functional groups attached to an aromatic ring is 1. The Balaban J connectivity index is 1.53. The molecule has 1 saturated heterocycles. The van der Waals surface area contributed by atoms with Crippen molar-refractivity contribution in [1.82, 2.24) is 15.0 Å². The Morgan fingerprint density at radius 2 is 2.10 bits per heavy atom. The molecule has 0 aromatic carbocycles. The average Bonchev–Trinajstić information content (AvgIpc) is 3.08. The molecule has 1 saturated carbocycles. The molecule has 0 unspecified atom stereocenters. The van der Waals surface area contributed by atoms with Crippen molar-refractivity contribution in [1.29, 1.82) is 0 Å². The lowest BCUT2D eigenvalue weighted by molar-refractivity contribution is 0.0890. The molecule has 2 aromatic rings. The Bertz CT molecular complexity index is 954. The number of anilines is 2. The molecule has 8 nitrogen and oxygen atoms in total. The fourth-order valence-electron chi connectivity index (χ4n) is 4.74. The van der Waals surface area contributed by atoms with Crippen LogP contribution in [-0.4, -0.2) is 52.4 Å². The molecule has 0 bridgehead atoms. The highest BCUT2D eigenvalue weighted by Gasteiger charge is 2.47. The molecule has 1 aliphatic heterocycles. The van der Waals surface area contributed by atoms with Gasteiger partial charge in [-0.1, -0.05) is 23.4 Å². The fourth-order valence-corrected chi connectivity index (χ4v) is 5.85. The number of piperidine rings is 1. The van der Waals surface area contributed by atoms with E-state index in [1.807, 2.05) is 6.92 Å². The zero-order chi connectivity index (χ0) is 22.2. The zero-order valence-electron chi connectivity index (χ0n) is 17.8. The van der Waals surface area contributed by atoms with E-state index in [1.54, 1.807) is 19.4 Å². The molecular formula is C21H29ClN6O2S. The second-order valence-electron chi connectivity index (χ2n) is 8.41. The number of nitrogens with two attached hydrogens (primary N) is 2. The first kappa shape index (κ1) is 22.5. The van der Waals surface area contributed by atoms with E-state index in [9.17, 15) is 5.11 Å². The number of aromatic nitrogens is 3. The quantitative estimate of drug-likeness (QED) is 0.612. The van der Waals surface area contributed by atoms with E-state index in [4.69, 9.17) is 37.8 Å². The van der Waals surface area contributed by atoms with E-state index in [0.717, 1.165) is 55.2 Å². The van der Waals surface area contributed by atoms with Gasteiger partial charge in [-0.25, -0.2) is 15.0 Å². The van der Waals surface area contributed by atoms with Gasteiger partial charge in [-0.05, 0) is 44.1 Å². The highest BCUT2D eigenvalue weighted by molar-refractivity contribution is 7.99. The summed E-state index contributed by atoms with van der Waals surface area (Å²) >= 11 is 7.65. The minimum absolute atomic E-state index is 0.132. The predicted octanol–water partition coefficient (Wildman–Crippen LogP) is 2.78. The Morgan fingerprint density at radius 3 is 2.74 bits per heavy atom. The molecule has 4 rings (SSSR count). The van der Waals surface area contributed by atoms with Crippen LogP contribution in [0.2, 0.25) is 5.02 Å². The van der Waals surface area contributed by atoms with Gasteiger partial charge in [-0.3, -0.25) is 0 Å². The summed E-state index contributed by atoms with van der Waals surface area (Å²) in [6.07, 6.45) is 5.78. The van der Waals surface area contributed by atoms with Crippen LogP contribution in [0.1, 0.15) is 37.1 Å². The van der Waals surface area contributed by atoms with E-state index in [1.165, 1.54) is 11.8 Å². The minimum atomic E-state index is -0.185. The van der Waals surface area contributed by atoms with Crippen molar-refractivity contribution in [3.05, 3.63) is 28.7 Å². The van der Waals surface area contributed by atoms with Gasteiger partial charge in [-0.2, -0.15) is 0 Å². The molecular weight excluding hydrogens is 436 g/mol. The molecule has 0 amide bonds. The third kappa shape index (κ3) is 4.34. The van der Waals surface area contributed by atoms with Crippen LogP contribution in [0, 0.1) is 12.3 Å². The van der Waals surface area contributed by atoms with Crippen molar-refractivity contribution in [3.63, 3.8) is 0 Å². The average molecular weight is 465 g/mol. The van der Waals surface area contributed by atoms with E-state index in [-0.39, 0.29) is 30.0 Å². The van der Waals surface area contributed by atoms with Gasteiger partial charge in [0.2, 0.25) is 0 Å². The first-order valence-corrected chi connectivity index (χ1v) is 11.7. The normalized spacial score (nSPS) is 22.9. The van der Waals surface area contributed by atoms with Crippen LogP contribution in [0.5, 0.6) is 0 Å². The molecule has 2 aromatic heterocycles. The minimum Gasteiger partial charge on any atom is -0.390 e. The summed E-state index contributed by atoms with van der Waals surface area (Å²) in [5.74, 6) is 1.02. The predicted molar refractivity (Wildman–Crippen MR) is 122 cm³/mol. The molecule has 2 fully saturated rings. The van der Waals surface area contributed by atoms with Crippen LogP contribution >= 0.6 is 23.4 Å². The lowest BCUT2D eigenvalue weighted by Gasteiger charge is -2.42. The maximum absolute atomic E-state index is 10.0. The molecule has 2 atom stereocenters. The van der Waals surface area contributed by atoms with Crippen molar-refractivity contribution in [2.45, 2.75) is 61.3 Å². The Kier molecular flexibility index (Phi) is 6.60. The smallest absolute Gasteiger partial charge is 0.153 e. The lowest BCUT2D eigenvalue weighted by Crippen LogP contribution is -2.47. The molecule has 168 valence electrons. The van der Waals surface area contributed by atoms with Gasteiger partial charge in [-0.15, -0.1) is 0 Å². The summed E-state index contributed by atoms with van der Waals surface area (Å²) in [6.45, 7) is 3.41. The van der Waals surface area contributed by atoms with Crippen molar-refractivity contribution >= 4 is 35.0 Å². The Labute approximate surface area is 191 Å². The highest BCUT2D eigenvalue weighted by Crippen LogP contribution is 2.47. The number of aliphatic hydroxyl groups is 1. The Morgan fingerprint density at radius 1 is 1.35 bits per heavy atom. The van der Waals surface area contributed by atoms with Gasteiger partial charge in [0.1, 0.15) is 16.5 Å². The standard InChI is InChI=1S/C21H29ClN6O2S/c1-12-20(31-15-3-6-25-18(24)17(15)22)27-14(11-29)19(26-12)28-7-4-21(5-8-28)10-13(30-2)9-16(21)23/h3,6,13,16,29H,4-5,7-11,23H2,1-2H3,(H2,24,25)/t13-,16-/m1/s1. The van der Waals surface area contributed by atoms with Crippen LogP contribution in [0.15, 0.2) is 22.2 Å². The number of methoxy groups -OCH3 is 1. The highest BCUT2D eigenvalue weighted by atomic mass is 35.5. The maximum atomic E-state index is 10.0. The summed E-state index contributed by atoms with van der Waals surface area (Å²) in [7, 11) is 1.77. The molecule has 31 heavy (non-hydrogen) atoms. The summed E-state index contributed by atoms with van der Waals surface area (Å²) in [5.41, 5.74) is 13.8. The van der Waals surface area contributed by atoms with E-state index in [2.05, 4.69) is 9.88 Å². The number of pyridine rings is 1. The van der Waals surface area contributed by atoms with Crippen LogP contribution in [0.4, 0.5) is 11.6 Å². The molecule has 2 aliphatic rings. The maximum Gasteiger partial charge on any atom is 0.153 e. The number of hydrogen-bond acceptors (Lipinski definition) is 9. The largest absolute Gasteiger partial charge is 0.390 e. The molecule has 1 aliphatic carbocycles. The van der Waals surface area contributed by atoms with Crippen LogP contribution < -0.4 is 16.4 Å². The van der Waals surface area contributed by atoms with E-state index < -0.39 is 0 Å². The van der Waals surface area contributed by atoms with Gasteiger partial charge in [0.05, 0.1) is 23.4 Å². The van der Waals surface area contributed by atoms with Gasteiger partial charge in [0, 0.05) is 37.3 Å². The van der Waals surface area contributed by atoms with Gasteiger partial charge < -0.3 is 26.2 Å². The van der Waals surface area contributed by atoms with Crippen LogP contribution in [0.3, 0.4) is 0 Å². The van der Waals surface area contributed by atoms with Crippen molar-refractivity contribution in [3.8, 4) is 0 Å². The topological polar surface area (TPSA) is 123 Å². The van der Waals surface area contributed by atoms with Gasteiger partial charge >= 0.3 is 0 Å². The van der Waals surface area contributed by atoms with Crippen LogP contribution in [-0.2, 0) is 11.3 Å². The van der Waals surface area contributed by atoms with E-state index >= 15 is 0 Å². The number of halogens is 1. The molecule has 3 heterocycles. The molecule has 0 radical (unpaired) electrons. The number of rotatable bonds is 5. The number of aliphatic hydroxyl groups excluding tert-OH is 1. The van der Waals surface area contributed by atoms with E-state index in [0.29, 0.717) is 15.7 Å². The second-order valence-corrected chi connectivity index (χ2v) is 9.82. The first-order valence-electron chi connectivity index (χ1n) is 10.5. The summed E-state index contributed by atoms with van der Waals surface area (Å²) < 4.78 is 5.58. The summed E-state index contributed by atoms with van der Waals surface area (Å²) in [6, 6.07) is 1.96. The molecule has 1 spiro atoms. The van der Waals surface area contributed by atoms with Crippen molar-refractivity contribution in [2.75, 3.05) is 30.8 Å². The third-order valence-electron chi connectivity index (χ3n) is 6.64. The second kappa shape index (κ2) is 9.07. The Hall–Kier alpha value is -1.65. The lowest BCUT2D eigenvalue weighted by atomic mass is 9.74. The molecule has 10 heteroatoms.